The van der Waals surface area contributed by atoms with Crippen molar-refractivity contribution in [1.29, 1.82) is 0 Å². The lowest BCUT2D eigenvalue weighted by Gasteiger charge is -2.13. The summed E-state index contributed by atoms with van der Waals surface area (Å²) >= 11 is 0. The molecule has 0 saturated carbocycles. The van der Waals surface area contributed by atoms with E-state index in [9.17, 15) is 9.59 Å². The van der Waals surface area contributed by atoms with Gasteiger partial charge in [0.05, 0.1) is 11.0 Å². The topological polar surface area (TPSA) is 81.3 Å². The fourth-order valence-corrected chi connectivity index (χ4v) is 2.87. The molecule has 0 bridgehead atoms. The number of carbonyl (C=O) groups excluding carboxylic acids is 1. The standard InChI is InChI=1S/C17H21N5O2/c1-4-7-14-19-20-16-17(24)21(10-15(23)18-11(2)3)12-8-5-6-9-13(12)22(14)16/h5-6,8-9,11H,4,7,10H2,1-3H3,(H,18,23). The Morgan fingerprint density at radius 2 is 1.92 bits per heavy atom. The van der Waals surface area contributed by atoms with Crippen molar-refractivity contribution in [1.82, 2.24) is 24.5 Å². The molecule has 0 aliphatic heterocycles. The summed E-state index contributed by atoms with van der Waals surface area (Å²) in [5.41, 5.74) is 1.49. The van der Waals surface area contributed by atoms with Crippen LogP contribution in [-0.4, -0.2) is 31.1 Å². The second-order valence-corrected chi connectivity index (χ2v) is 6.13. The van der Waals surface area contributed by atoms with Crippen LogP contribution in [0.1, 0.15) is 33.0 Å². The number of aromatic nitrogens is 4. The number of rotatable bonds is 5. The number of benzene rings is 1. The summed E-state index contributed by atoms with van der Waals surface area (Å²) in [6.07, 6.45) is 1.65. The van der Waals surface area contributed by atoms with Gasteiger partial charge in [0.25, 0.3) is 5.56 Å². The summed E-state index contributed by atoms with van der Waals surface area (Å²) in [4.78, 5) is 25.0. The molecule has 24 heavy (non-hydrogen) atoms. The van der Waals surface area contributed by atoms with Crippen molar-refractivity contribution in [2.45, 2.75) is 46.2 Å². The van der Waals surface area contributed by atoms with Gasteiger partial charge in [0, 0.05) is 12.5 Å². The van der Waals surface area contributed by atoms with Gasteiger partial charge in [-0.15, -0.1) is 10.2 Å². The summed E-state index contributed by atoms with van der Waals surface area (Å²) < 4.78 is 3.27. The number of hydrogen-bond donors (Lipinski definition) is 1. The monoisotopic (exact) mass is 327 g/mol. The Kier molecular flexibility index (Phi) is 4.33. The van der Waals surface area contributed by atoms with Crippen molar-refractivity contribution in [2.75, 3.05) is 0 Å². The molecule has 0 unspecified atom stereocenters. The average Bonchev–Trinajstić information content (AvgIpc) is 2.95. The van der Waals surface area contributed by atoms with Gasteiger partial charge in [-0.1, -0.05) is 19.1 Å². The Balaban J connectivity index is 2.24. The lowest BCUT2D eigenvalue weighted by molar-refractivity contribution is -0.122. The molecular weight excluding hydrogens is 306 g/mol. The molecule has 1 aromatic carbocycles. The van der Waals surface area contributed by atoms with Crippen LogP contribution >= 0.6 is 0 Å². The minimum Gasteiger partial charge on any atom is -0.352 e. The predicted molar refractivity (Wildman–Crippen MR) is 92.0 cm³/mol. The molecule has 7 nitrogen and oxygen atoms in total. The van der Waals surface area contributed by atoms with E-state index in [1.54, 1.807) is 4.40 Å². The summed E-state index contributed by atoms with van der Waals surface area (Å²) in [5, 5.41) is 11.0. The average molecular weight is 327 g/mol. The summed E-state index contributed by atoms with van der Waals surface area (Å²) in [6.45, 7) is 5.79. The van der Waals surface area contributed by atoms with Crippen LogP contribution in [-0.2, 0) is 17.8 Å². The second-order valence-electron chi connectivity index (χ2n) is 6.13. The van der Waals surface area contributed by atoms with Gasteiger partial charge in [-0.25, -0.2) is 0 Å². The molecule has 2 aromatic heterocycles. The van der Waals surface area contributed by atoms with Crippen LogP contribution in [0.3, 0.4) is 0 Å². The maximum Gasteiger partial charge on any atom is 0.297 e. The third-order valence-electron chi connectivity index (χ3n) is 3.80. The minimum atomic E-state index is -0.303. The highest BCUT2D eigenvalue weighted by molar-refractivity contribution is 5.82. The van der Waals surface area contributed by atoms with Crippen LogP contribution in [0.5, 0.6) is 0 Å². The molecule has 7 heteroatoms. The summed E-state index contributed by atoms with van der Waals surface area (Å²) in [5.74, 6) is 0.564. The van der Waals surface area contributed by atoms with E-state index in [4.69, 9.17) is 0 Å². The molecule has 2 heterocycles. The van der Waals surface area contributed by atoms with Crippen LogP contribution < -0.4 is 10.9 Å². The Morgan fingerprint density at radius 1 is 1.21 bits per heavy atom. The summed E-state index contributed by atoms with van der Waals surface area (Å²) in [7, 11) is 0. The molecule has 3 rings (SSSR count). The minimum absolute atomic E-state index is 0.0208. The maximum absolute atomic E-state index is 12.8. The van der Waals surface area contributed by atoms with Gasteiger partial charge in [0.2, 0.25) is 11.6 Å². The zero-order chi connectivity index (χ0) is 17.3. The maximum atomic E-state index is 12.8. The Labute approximate surface area is 139 Å². The zero-order valence-electron chi connectivity index (χ0n) is 14.1. The number of para-hydroxylation sites is 2. The van der Waals surface area contributed by atoms with Crippen molar-refractivity contribution >= 4 is 22.6 Å². The van der Waals surface area contributed by atoms with E-state index in [1.807, 2.05) is 38.1 Å². The van der Waals surface area contributed by atoms with Crippen molar-refractivity contribution in [3.05, 3.63) is 40.4 Å². The molecule has 3 aromatic rings. The van der Waals surface area contributed by atoms with Crippen molar-refractivity contribution in [3.63, 3.8) is 0 Å². The number of nitrogens with one attached hydrogen (secondary N) is 1. The number of carbonyl (C=O) groups is 1. The number of amides is 1. The van der Waals surface area contributed by atoms with E-state index in [0.717, 1.165) is 24.2 Å². The van der Waals surface area contributed by atoms with Gasteiger partial charge < -0.3 is 5.32 Å². The Hall–Kier alpha value is -2.70. The Morgan fingerprint density at radius 3 is 2.58 bits per heavy atom. The van der Waals surface area contributed by atoms with Crippen molar-refractivity contribution in [2.24, 2.45) is 0 Å². The first kappa shape index (κ1) is 16.2. The molecule has 0 aliphatic carbocycles. The normalized spacial score (nSPS) is 11.5. The van der Waals surface area contributed by atoms with Gasteiger partial charge in [-0.2, -0.15) is 0 Å². The first-order chi connectivity index (χ1) is 11.5. The largest absolute Gasteiger partial charge is 0.352 e. The van der Waals surface area contributed by atoms with E-state index in [0.29, 0.717) is 5.52 Å². The lowest BCUT2D eigenvalue weighted by atomic mass is 10.2. The quantitative estimate of drug-likeness (QED) is 0.770. The Bertz CT molecular complexity index is 955. The second kappa shape index (κ2) is 6.43. The molecule has 0 spiro atoms. The van der Waals surface area contributed by atoms with Crippen LogP contribution in [0.4, 0.5) is 0 Å². The highest BCUT2D eigenvalue weighted by Crippen LogP contribution is 2.16. The summed E-state index contributed by atoms with van der Waals surface area (Å²) in [6, 6.07) is 7.54. The molecular formula is C17H21N5O2. The van der Waals surface area contributed by atoms with E-state index in [2.05, 4.69) is 22.4 Å². The van der Waals surface area contributed by atoms with Crippen molar-refractivity contribution in [3.8, 4) is 0 Å². The van der Waals surface area contributed by atoms with Gasteiger partial charge in [-0.3, -0.25) is 18.6 Å². The molecule has 126 valence electrons. The molecule has 1 N–H and O–H groups in total. The third kappa shape index (κ3) is 2.77. The van der Waals surface area contributed by atoms with Crippen LogP contribution in [0.2, 0.25) is 0 Å². The first-order valence-corrected chi connectivity index (χ1v) is 8.17. The van der Waals surface area contributed by atoms with Gasteiger partial charge in [0.1, 0.15) is 12.4 Å². The van der Waals surface area contributed by atoms with E-state index in [1.165, 1.54) is 4.57 Å². The third-order valence-corrected chi connectivity index (χ3v) is 3.80. The van der Waals surface area contributed by atoms with Gasteiger partial charge in [-0.05, 0) is 32.4 Å². The zero-order valence-corrected chi connectivity index (χ0v) is 14.1. The van der Waals surface area contributed by atoms with Crippen LogP contribution in [0, 0.1) is 0 Å². The van der Waals surface area contributed by atoms with Gasteiger partial charge >= 0.3 is 0 Å². The molecule has 0 aliphatic rings. The first-order valence-electron chi connectivity index (χ1n) is 8.17. The SMILES string of the molecule is CCCc1nnc2c(=O)n(CC(=O)NC(C)C)c3ccccc3n12. The number of aryl methyl sites for hydroxylation is 1. The molecule has 1 amide bonds. The lowest BCUT2D eigenvalue weighted by Crippen LogP contribution is -2.36. The molecule has 0 atom stereocenters. The van der Waals surface area contributed by atoms with Crippen LogP contribution in [0.15, 0.2) is 29.1 Å². The fraction of sp³-hybridized carbons (Fsp3) is 0.412. The fourth-order valence-electron chi connectivity index (χ4n) is 2.87. The van der Waals surface area contributed by atoms with E-state index < -0.39 is 0 Å². The highest BCUT2D eigenvalue weighted by atomic mass is 16.2. The number of nitrogens with zero attached hydrogens (tertiary/aromatic N) is 4. The molecule has 0 radical (unpaired) electrons. The molecule has 0 saturated heterocycles. The highest BCUT2D eigenvalue weighted by Gasteiger charge is 2.17. The van der Waals surface area contributed by atoms with E-state index >= 15 is 0 Å². The number of fused-ring (bicyclic) bond motifs is 3. The molecule has 0 fully saturated rings. The number of hydrogen-bond acceptors (Lipinski definition) is 4. The van der Waals surface area contributed by atoms with Crippen molar-refractivity contribution < 1.29 is 4.79 Å². The van der Waals surface area contributed by atoms with Gasteiger partial charge in [0.15, 0.2) is 0 Å². The van der Waals surface area contributed by atoms with Crippen LogP contribution in [0.25, 0.3) is 16.7 Å². The smallest absolute Gasteiger partial charge is 0.297 e. The van der Waals surface area contributed by atoms with E-state index in [-0.39, 0.29) is 29.7 Å². The predicted octanol–water partition coefficient (Wildman–Crippen LogP) is 1.52.